The molecule has 2 heterocycles. The number of pyridine rings is 1. The molecule has 0 unspecified atom stereocenters. The van der Waals surface area contributed by atoms with Crippen molar-refractivity contribution in [3.8, 4) is 0 Å². The molecule has 2 rings (SSSR count). The van der Waals surface area contributed by atoms with E-state index in [1.807, 2.05) is 19.2 Å². The van der Waals surface area contributed by atoms with E-state index in [-0.39, 0.29) is 0 Å². The van der Waals surface area contributed by atoms with Gasteiger partial charge in [0.2, 0.25) is 0 Å². The third kappa shape index (κ3) is 1.12. The summed E-state index contributed by atoms with van der Waals surface area (Å²) in [5.74, 6) is 0. The highest BCUT2D eigenvalue weighted by Gasteiger charge is 2.00. The number of rotatable bonds is 1. The molecule has 0 amide bonds. The Labute approximate surface area is 74.6 Å². The summed E-state index contributed by atoms with van der Waals surface area (Å²) in [7, 11) is 0. The van der Waals surface area contributed by atoms with Crippen LogP contribution in [0.4, 0.5) is 0 Å². The van der Waals surface area contributed by atoms with Crippen LogP contribution in [-0.4, -0.2) is 9.97 Å². The number of aromatic nitrogens is 2. The molecule has 0 spiro atoms. The predicted octanol–water partition coefficient (Wildman–Crippen LogP) is 2.64. The number of hydrogen-bond acceptors (Lipinski definition) is 3. The van der Waals surface area contributed by atoms with Crippen molar-refractivity contribution in [3.05, 3.63) is 29.4 Å². The summed E-state index contributed by atoms with van der Waals surface area (Å²) in [5, 5.41) is 1.05. The normalized spacial score (nSPS) is 10.4. The van der Waals surface area contributed by atoms with Crippen LogP contribution in [0.5, 0.6) is 0 Å². The fourth-order valence-corrected chi connectivity index (χ4v) is 1.80. The van der Waals surface area contributed by atoms with Crippen molar-refractivity contribution in [2.45, 2.75) is 6.92 Å². The van der Waals surface area contributed by atoms with Crippen molar-refractivity contribution in [2.75, 3.05) is 0 Å². The van der Waals surface area contributed by atoms with Crippen molar-refractivity contribution >= 4 is 27.8 Å². The third-order valence-electron chi connectivity index (χ3n) is 1.61. The SMILES string of the molecule is C=Cc1cnc2sc(C)nc2c1. The van der Waals surface area contributed by atoms with Crippen molar-refractivity contribution in [3.63, 3.8) is 0 Å². The molecule has 60 valence electrons. The Morgan fingerprint density at radius 3 is 3.17 bits per heavy atom. The summed E-state index contributed by atoms with van der Waals surface area (Å²) < 4.78 is 0. The van der Waals surface area contributed by atoms with Gasteiger partial charge in [-0.05, 0) is 18.6 Å². The van der Waals surface area contributed by atoms with E-state index in [4.69, 9.17) is 0 Å². The van der Waals surface area contributed by atoms with Crippen LogP contribution in [0.15, 0.2) is 18.8 Å². The van der Waals surface area contributed by atoms with Gasteiger partial charge >= 0.3 is 0 Å². The number of fused-ring (bicyclic) bond motifs is 1. The fraction of sp³-hybridized carbons (Fsp3) is 0.111. The predicted molar refractivity (Wildman–Crippen MR) is 52.2 cm³/mol. The molecule has 0 fully saturated rings. The topological polar surface area (TPSA) is 25.8 Å². The van der Waals surface area contributed by atoms with Gasteiger partial charge in [-0.25, -0.2) is 9.97 Å². The van der Waals surface area contributed by atoms with Crippen LogP contribution in [0.25, 0.3) is 16.4 Å². The minimum Gasteiger partial charge on any atom is -0.243 e. The Morgan fingerprint density at radius 2 is 2.42 bits per heavy atom. The molecule has 0 aliphatic heterocycles. The lowest BCUT2D eigenvalue weighted by Crippen LogP contribution is -1.76. The first-order chi connectivity index (χ1) is 5.79. The summed E-state index contributed by atoms with van der Waals surface area (Å²) >= 11 is 1.61. The standard InChI is InChI=1S/C9H8N2S/c1-3-7-4-8-9(10-5-7)12-6(2)11-8/h3-5H,1H2,2H3. The molecule has 0 saturated carbocycles. The molecule has 2 aromatic rings. The summed E-state index contributed by atoms with van der Waals surface area (Å²) in [5.41, 5.74) is 1.99. The molecular formula is C9H8N2S. The quantitative estimate of drug-likeness (QED) is 0.667. The van der Waals surface area contributed by atoms with Crippen LogP contribution in [0.1, 0.15) is 10.6 Å². The molecule has 0 bridgehead atoms. The van der Waals surface area contributed by atoms with Gasteiger partial charge in [-0.1, -0.05) is 24.0 Å². The van der Waals surface area contributed by atoms with Gasteiger partial charge in [0, 0.05) is 6.20 Å². The van der Waals surface area contributed by atoms with Crippen molar-refractivity contribution in [1.29, 1.82) is 0 Å². The zero-order valence-corrected chi connectivity index (χ0v) is 7.56. The summed E-state index contributed by atoms with van der Waals surface area (Å²) in [6, 6.07) is 2.00. The molecule has 0 saturated heterocycles. The first-order valence-electron chi connectivity index (χ1n) is 3.65. The lowest BCUT2D eigenvalue weighted by molar-refractivity contribution is 1.33. The first kappa shape index (κ1) is 7.43. The van der Waals surface area contributed by atoms with E-state index >= 15 is 0 Å². The van der Waals surface area contributed by atoms with Crippen LogP contribution in [0, 0.1) is 6.92 Å². The van der Waals surface area contributed by atoms with E-state index in [0.717, 1.165) is 20.9 Å². The molecule has 0 aliphatic carbocycles. The highest BCUT2D eigenvalue weighted by molar-refractivity contribution is 7.18. The fourth-order valence-electron chi connectivity index (χ4n) is 1.06. The molecule has 3 heteroatoms. The van der Waals surface area contributed by atoms with E-state index in [9.17, 15) is 0 Å². The molecule has 2 nitrogen and oxygen atoms in total. The maximum Gasteiger partial charge on any atom is 0.143 e. The number of thiazole rings is 1. The molecule has 0 atom stereocenters. The van der Waals surface area contributed by atoms with Gasteiger partial charge in [-0.15, -0.1) is 0 Å². The van der Waals surface area contributed by atoms with Gasteiger partial charge in [0.1, 0.15) is 10.3 Å². The lowest BCUT2D eigenvalue weighted by atomic mass is 10.3. The van der Waals surface area contributed by atoms with Crippen LogP contribution < -0.4 is 0 Å². The monoisotopic (exact) mass is 176 g/mol. The second kappa shape index (κ2) is 2.68. The van der Waals surface area contributed by atoms with Gasteiger partial charge < -0.3 is 0 Å². The lowest BCUT2D eigenvalue weighted by Gasteiger charge is -1.89. The van der Waals surface area contributed by atoms with Gasteiger partial charge in [0.25, 0.3) is 0 Å². The van der Waals surface area contributed by atoms with E-state index in [2.05, 4.69) is 16.5 Å². The zero-order valence-electron chi connectivity index (χ0n) is 6.74. The Hall–Kier alpha value is -1.22. The molecule has 0 aromatic carbocycles. The van der Waals surface area contributed by atoms with Crippen LogP contribution >= 0.6 is 11.3 Å². The second-order valence-corrected chi connectivity index (χ2v) is 3.71. The highest BCUT2D eigenvalue weighted by atomic mass is 32.1. The molecule has 0 radical (unpaired) electrons. The van der Waals surface area contributed by atoms with Crippen molar-refractivity contribution in [1.82, 2.24) is 9.97 Å². The van der Waals surface area contributed by atoms with Gasteiger partial charge in [0.15, 0.2) is 0 Å². The van der Waals surface area contributed by atoms with Gasteiger partial charge in [-0.2, -0.15) is 0 Å². The summed E-state index contributed by atoms with van der Waals surface area (Å²) in [4.78, 5) is 9.59. The zero-order chi connectivity index (χ0) is 8.55. The first-order valence-corrected chi connectivity index (χ1v) is 4.47. The Balaban J connectivity index is 2.74. The Kier molecular flexibility index (Phi) is 1.66. The highest BCUT2D eigenvalue weighted by Crippen LogP contribution is 2.19. The molecule has 2 aromatic heterocycles. The minimum absolute atomic E-state index is 0.968. The minimum atomic E-state index is 0.968. The van der Waals surface area contributed by atoms with E-state index < -0.39 is 0 Å². The maximum absolute atomic E-state index is 4.33. The molecule has 12 heavy (non-hydrogen) atoms. The Morgan fingerprint density at radius 1 is 1.58 bits per heavy atom. The number of nitrogens with zero attached hydrogens (tertiary/aromatic N) is 2. The average molecular weight is 176 g/mol. The summed E-state index contributed by atoms with van der Waals surface area (Å²) in [6.45, 7) is 5.67. The number of hydrogen-bond donors (Lipinski definition) is 0. The van der Waals surface area contributed by atoms with Crippen LogP contribution in [-0.2, 0) is 0 Å². The van der Waals surface area contributed by atoms with E-state index in [1.165, 1.54) is 0 Å². The van der Waals surface area contributed by atoms with E-state index in [0.29, 0.717) is 0 Å². The smallest absolute Gasteiger partial charge is 0.143 e. The Bertz CT molecular complexity index is 431. The van der Waals surface area contributed by atoms with Gasteiger partial charge in [-0.3, -0.25) is 0 Å². The average Bonchev–Trinajstić information content (AvgIpc) is 2.43. The second-order valence-electron chi connectivity index (χ2n) is 2.53. The number of aryl methyl sites for hydroxylation is 1. The van der Waals surface area contributed by atoms with Crippen LogP contribution in [0.3, 0.4) is 0 Å². The van der Waals surface area contributed by atoms with Crippen molar-refractivity contribution < 1.29 is 0 Å². The van der Waals surface area contributed by atoms with E-state index in [1.54, 1.807) is 17.4 Å². The molecule has 0 N–H and O–H groups in total. The molecule has 0 aliphatic rings. The van der Waals surface area contributed by atoms with Gasteiger partial charge in [0.05, 0.1) is 5.01 Å². The molecular weight excluding hydrogens is 168 g/mol. The van der Waals surface area contributed by atoms with Crippen molar-refractivity contribution in [2.24, 2.45) is 0 Å². The third-order valence-corrected chi connectivity index (χ3v) is 2.51. The van der Waals surface area contributed by atoms with Crippen LogP contribution in [0.2, 0.25) is 0 Å². The largest absolute Gasteiger partial charge is 0.243 e. The maximum atomic E-state index is 4.33. The summed E-state index contributed by atoms with van der Waals surface area (Å²) in [6.07, 6.45) is 3.59.